The van der Waals surface area contributed by atoms with Gasteiger partial charge in [0.15, 0.2) is 11.6 Å². The van der Waals surface area contributed by atoms with Crippen LogP contribution in [0.25, 0.3) is 17.2 Å². The average molecular weight is 409 g/mol. The summed E-state index contributed by atoms with van der Waals surface area (Å²) in [6.07, 6.45) is 3.61. The van der Waals surface area contributed by atoms with Crippen LogP contribution in [0, 0.1) is 5.82 Å². The first-order valence-electron chi connectivity index (χ1n) is 9.86. The third-order valence-electron chi connectivity index (χ3n) is 4.69. The topological polar surface area (TPSA) is 75.6 Å². The maximum absolute atomic E-state index is 13.1. The molecule has 4 aromatic rings. The van der Waals surface area contributed by atoms with Crippen molar-refractivity contribution in [2.45, 2.75) is 39.8 Å². The minimum atomic E-state index is -0.308. The summed E-state index contributed by atoms with van der Waals surface area (Å²) in [5.41, 5.74) is 2.67. The van der Waals surface area contributed by atoms with Crippen molar-refractivity contribution in [3.05, 3.63) is 60.1 Å². The summed E-state index contributed by atoms with van der Waals surface area (Å²) in [6.45, 7) is 7.14. The second kappa shape index (κ2) is 8.10. The molecule has 0 radical (unpaired) electrons. The van der Waals surface area contributed by atoms with Crippen LogP contribution in [0.4, 0.5) is 4.39 Å². The quantitative estimate of drug-likeness (QED) is 0.465. The van der Waals surface area contributed by atoms with E-state index in [2.05, 4.69) is 30.1 Å². The van der Waals surface area contributed by atoms with Gasteiger partial charge >= 0.3 is 0 Å². The molecule has 0 aliphatic heterocycles. The zero-order valence-electron chi connectivity index (χ0n) is 17.4. The molecule has 30 heavy (non-hydrogen) atoms. The molecular formula is C21H24FN7O. The Bertz CT molecular complexity index is 1140. The van der Waals surface area contributed by atoms with Gasteiger partial charge in [0.2, 0.25) is 0 Å². The zero-order valence-corrected chi connectivity index (χ0v) is 17.4. The van der Waals surface area contributed by atoms with E-state index in [1.807, 2.05) is 24.9 Å². The van der Waals surface area contributed by atoms with Crippen LogP contribution in [-0.4, -0.2) is 34.3 Å². The minimum absolute atomic E-state index is 0.156. The van der Waals surface area contributed by atoms with E-state index in [1.165, 1.54) is 12.1 Å². The number of nitrogens with zero attached hydrogens (tertiary/aromatic N) is 7. The van der Waals surface area contributed by atoms with Gasteiger partial charge in [-0.1, -0.05) is 13.8 Å². The molecule has 0 aliphatic carbocycles. The molecule has 0 aliphatic rings. The highest BCUT2D eigenvalue weighted by atomic mass is 19.1. The number of halogens is 1. The van der Waals surface area contributed by atoms with Gasteiger partial charge in [0, 0.05) is 13.6 Å². The Kier molecular flexibility index (Phi) is 5.35. The molecule has 0 spiro atoms. The van der Waals surface area contributed by atoms with Crippen molar-refractivity contribution in [2.75, 3.05) is 0 Å². The van der Waals surface area contributed by atoms with Gasteiger partial charge in [-0.05, 0) is 43.2 Å². The molecule has 0 saturated carbocycles. The van der Waals surface area contributed by atoms with Gasteiger partial charge in [0.05, 0.1) is 18.1 Å². The van der Waals surface area contributed by atoms with Gasteiger partial charge in [-0.25, -0.2) is 14.1 Å². The molecule has 3 aromatic heterocycles. The lowest BCUT2D eigenvalue weighted by Gasteiger charge is -2.05. The Morgan fingerprint density at radius 2 is 1.90 bits per heavy atom. The number of hydrogen-bond donors (Lipinski definition) is 0. The van der Waals surface area contributed by atoms with Gasteiger partial charge in [-0.3, -0.25) is 9.36 Å². The first-order valence-corrected chi connectivity index (χ1v) is 9.86. The van der Waals surface area contributed by atoms with E-state index in [1.54, 1.807) is 27.7 Å². The molecule has 0 amide bonds. The maximum atomic E-state index is 13.1. The second-order valence-electron chi connectivity index (χ2n) is 7.30. The molecular weight excluding hydrogens is 385 g/mol. The van der Waals surface area contributed by atoms with E-state index in [-0.39, 0.29) is 12.4 Å². The molecule has 4 rings (SSSR count). The number of benzene rings is 1. The van der Waals surface area contributed by atoms with Gasteiger partial charge < -0.3 is 4.74 Å². The van der Waals surface area contributed by atoms with Crippen LogP contribution in [-0.2, 0) is 20.2 Å². The standard InChI is InChI=1S/C21H24FN7O/c1-5-28-19(10-18(25-28)14(2)3)21-24-20(13-30-17-8-6-15(22)7-9-17)26-29(21)16-11-23-27(4)12-16/h6-12,14H,5,13H2,1-4H3. The highest BCUT2D eigenvalue weighted by Gasteiger charge is 2.20. The predicted octanol–water partition coefficient (Wildman–Crippen LogP) is 3.73. The van der Waals surface area contributed by atoms with Crippen molar-refractivity contribution >= 4 is 0 Å². The Labute approximate surface area is 173 Å². The fourth-order valence-electron chi connectivity index (χ4n) is 3.10. The Morgan fingerprint density at radius 3 is 2.53 bits per heavy atom. The third kappa shape index (κ3) is 3.96. The van der Waals surface area contributed by atoms with Crippen LogP contribution in [0.5, 0.6) is 5.75 Å². The average Bonchev–Trinajstić information content (AvgIpc) is 3.44. The number of rotatable bonds is 7. The van der Waals surface area contributed by atoms with Crippen LogP contribution >= 0.6 is 0 Å². The van der Waals surface area contributed by atoms with Crippen molar-refractivity contribution in [2.24, 2.45) is 7.05 Å². The van der Waals surface area contributed by atoms with Crippen molar-refractivity contribution in [1.29, 1.82) is 0 Å². The summed E-state index contributed by atoms with van der Waals surface area (Å²) < 4.78 is 24.3. The molecule has 0 saturated heterocycles. The zero-order chi connectivity index (χ0) is 21.3. The third-order valence-corrected chi connectivity index (χ3v) is 4.69. The summed E-state index contributed by atoms with van der Waals surface area (Å²) in [5, 5.41) is 13.6. The Balaban J connectivity index is 1.72. The number of aryl methyl sites for hydroxylation is 2. The van der Waals surface area contributed by atoms with E-state index in [0.717, 1.165) is 17.1 Å². The summed E-state index contributed by atoms with van der Waals surface area (Å²) in [4.78, 5) is 4.73. The van der Waals surface area contributed by atoms with E-state index >= 15 is 0 Å². The van der Waals surface area contributed by atoms with E-state index < -0.39 is 0 Å². The molecule has 8 nitrogen and oxygen atoms in total. The number of ether oxygens (including phenoxy) is 1. The normalized spacial score (nSPS) is 11.4. The highest BCUT2D eigenvalue weighted by molar-refractivity contribution is 5.54. The van der Waals surface area contributed by atoms with Gasteiger partial charge in [0.25, 0.3) is 0 Å². The molecule has 1 aromatic carbocycles. The van der Waals surface area contributed by atoms with Crippen LogP contribution in [0.2, 0.25) is 0 Å². The fraction of sp³-hybridized carbons (Fsp3) is 0.333. The lowest BCUT2D eigenvalue weighted by atomic mass is 10.1. The largest absolute Gasteiger partial charge is 0.486 e. The van der Waals surface area contributed by atoms with Gasteiger partial charge in [-0.15, -0.1) is 5.10 Å². The Morgan fingerprint density at radius 1 is 1.13 bits per heavy atom. The molecule has 0 bridgehead atoms. The first-order chi connectivity index (χ1) is 14.4. The summed E-state index contributed by atoms with van der Waals surface area (Å²) in [5.74, 6) is 1.72. The van der Waals surface area contributed by atoms with Crippen molar-refractivity contribution < 1.29 is 9.13 Å². The van der Waals surface area contributed by atoms with E-state index in [0.29, 0.717) is 29.9 Å². The van der Waals surface area contributed by atoms with Crippen molar-refractivity contribution in [3.8, 4) is 23.0 Å². The number of hydrogen-bond acceptors (Lipinski definition) is 5. The maximum Gasteiger partial charge on any atom is 0.189 e. The van der Waals surface area contributed by atoms with Crippen LogP contribution < -0.4 is 4.74 Å². The molecule has 0 N–H and O–H groups in total. The molecule has 3 heterocycles. The van der Waals surface area contributed by atoms with Crippen molar-refractivity contribution in [1.82, 2.24) is 34.3 Å². The van der Waals surface area contributed by atoms with E-state index in [4.69, 9.17) is 14.8 Å². The molecule has 9 heteroatoms. The van der Waals surface area contributed by atoms with Gasteiger partial charge in [-0.2, -0.15) is 10.2 Å². The fourth-order valence-corrected chi connectivity index (χ4v) is 3.10. The van der Waals surface area contributed by atoms with Crippen LogP contribution in [0.15, 0.2) is 42.7 Å². The summed E-state index contributed by atoms with van der Waals surface area (Å²) in [6, 6.07) is 7.92. The Hall–Kier alpha value is -3.49. The molecule has 156 valence electrons. The minimum Gasteiger partial charge on any atom is -0.486 e. The van der Waals surface area contributed by atoms with Crippen LogP contribution in [0.3, 0.4) is 0 Å². The monoisotopic (exact) mass is 409 g/mol. The summed E-state index contributed by atoms with van der Waals surface area (Å²) >= 11 is 0. The smallest absolute Gasteiger partial charge is 0.189 e. The summed E-state index contributed by atoms with van der Waals surface area (Å²) in [7, 11) is 1.85. The number of aromatic nitrogens is 7. The van der Waals surface area contributed by atoms with Gasteiger partial charge in [0.1, 0.15) is 29.6 Å². The lowest BCUT2D eigenvalue weighted by Crippen LogP contribution is -2.05. The van der Waals surface area contributed by atoms with Crippen LogP contribution in [0.1, 0.15) is 38.2 Å². The lowest BCUT2D eigenvalue weighted by molar-refractivity contribution is 0.295. The molecule has 0 atom stereocenters. The molecule has 0 unspecified atom stereocenters. The van der Waals surface area contributed by atoms with Crippen molar-refractivity contribution in [3.63, 3.8) is 0 Å². The highest BCUT2D eigenvalue weighted by Crippen LogP contribution is 2.25. The SMILES string of the molecule is CCn1nc(C(C)C)cc1-c1nc(COc2ccc(F)cc2)nn1-c1cnn(C)c1. The van der Waals surface area contributed by atoms with E-state index in [9.17, 15) is 4.39 Å². The first kappa shape index (κ1) is 19.8. The predicted molar refractivity (Wildman–Crippen MR) is 110 cm³/mol. The molecule has 0 fully saturated rings. The second-order valence-corrected chi connectivity index (χ2v) is 7.30.